The van der Waals surface area contributed by atoms with Crippen molar-refractivity contribution in [2.75, 3.05) is 0 Å². The Morgan fingerprint density at radius 3 is 1.96 bits per heavy atom. The third-order valence-corrected chi connectivity index (χ3v) is 7.55. The Balaban J connectivity index is 1.18. The molecule has 0 spiro atoms. The van der Waals surface area contributed by atoms with Gasteiger partial charge in [0.05, 0.1) is 0 Å². The number of amides is 2. The van der Waals surface area contributed by atoms with Crippen molar-refractivity contribution in [1.82, 2.24) is 10.9 Å². The first-order valence-electron chi connectivity index (χ1n) is 10.7. The molecule has 0 aromatic heterocycles. The van der Waals surface area contributed by atoms with Gasteiger partial charge in [-0.1, -0.05) is 32.1 Å². The lowest BCUT2D eigenvalue weighted by atomic mass is 9.49. The molecule has 5 aliphatic carbocycles. The van der Waals surface area contributed by atoms with Crippen LogP contribution in [0.15, 0.2) is 0 Å². The highest BCUT2D eigenvalue weighted by molar-refractivity contribution is 5.82. The van der Waals surface area contributed by atoms with Gasteiger partial charge in [0, 0.05) is 12.8 Å². The zero-order chi connectivity index (χ0) is 17.3. The molecule has 0 aromatic rings. The van der Waals surface area contributed by atoms with Crippen LogP contribution in [0.1, 0.15) is 89.9 Å². The Morgan fingerprint density at radius 2 is 1.36 bits per heavy atom. The summed E-state index contributed by atoms with van der Waals surface area (Å²) >= 11 is 0. The van der Waals surface area contributed by atoms with E-state index < -0.39 is 0 Å². The molecule has 0 heterocycles. The molecule has 2 amide bonds. The number of hydrogen-bond donors (Lipinski definition) is 2. The predicted octanol–water partition coefficient (Wildman–Crippen LogP) is 4.10. The van der Waals surface area contributed by atoms with E-state index in [1.54, 1.807) is 0 Å². The van der Waals surface area contributed by atoms with E-state index in [4.69, 9.17) is 0 Å². The van der Waals surface area contributed by atoms with Crippen molar-refractivity contribution in [3.8, 4) is 0 Å². The molecule has 4 heteroatoms. The maximum Gasteiger partial charge on any atom is 0.238 e. The summed E-state index contributed by atoms with van der Waals surface area (Å²) in [6, 6.07) is 0. The average molecular weight is 347 g/mol. The van der Waals surface area contributed by atoms with E-state index in [0.717, 1.165) is 24.2 Å². The van der Waals surface area contributed by atoms with Crippen molar-refractivity contribution in [1.29, 1.82) is 0 Å². The first-order valence-corrected chi connectivity index (χ1v) is 10.7. The van der Waals surface area contributed by atoms with E-state index in [0.29, 0.717) is 18.8 Å². The summed E-state index contributed by atoms with van der Waals surface area (Å²) in [5, 5.41) is 0. The Labute approximate surface area is 151 Å². The van der Waals surface area contributed by atoms with Crippen LogP contribution in [0.4, 0.5) is 0 Å². The Hall–Kier alpha value is -1.06. The first-order chi connectivity index (χ1) is 12.1. The van der Waals surface area contributed by atoms with Crippen molar-refractivity contribution in [2.24, 2.45) is 29.1 Å². The van der Waals surface area contributed by atoms with Gasteiger partial charge >= 0.3 is 0 Å². The third kappa shape index (κ3) is 4.20. The van der Waals surface area contributed by atoms with Gasteiger partial charge in [0.2, 0.25) is 11.8 Å². The number of carbonyl (C=O) groups excluding carboxylic acids is 2. The fourth-order valence-corrected chi connectivity index (χ4v) is 6.90. The van der Waals surface area contributed by atoms with Crippen molar-refractivity contribution < 1.29 is 9.59 Å². The van der Waals surface area contributed by atoms with Crippen molar-refractivity contribution >= 4 is 11.8 Å². The van der Waals surface area contributed by atoms with Crippen molar-refractivity contribution in [2.45, 2.75) is 89.9 Å². The average Bonchev–Trinajstić information content (AvgIpc) is 2.57. The molecule has 5 aliphatic rings. The van der Waals surface area contributed by atoms with E-state index in [2.05, 4.69) is 10.9 Å². The molecule has 0 aromatic carbocycles. The van der Waals surface area contributed by atoms with Gasteiger partial charge in [-0.15, -0.1) is 0 Å². The molecule has 4 nitrogen and oxygen atoms in total. The van der Waals surface area contributed by atoms with Crippen LogP contribution >= 0.6 is 0 Å². The summed E-state index contributed by atoms with van der Waals surface area (Å²) in [6.45, 7) is 0. The molecule has 0 aliphatic heterocycles. The lowest BCUT2D eigenvalue weighted by Gasteiger charge is -2.56. The van der Waals surface area contributed by atoms with Crippen molar-refractivity contribution in [3.63, 3.8) is 0 Å². The van der Waals surface area contributed by atoms with Crippen LogP contribution in [0.5, 0.6) is 0 Å². The quantitative estimate of drug-likeness (QED) is 0.736. The Morgan fingerprint density at radius 1 is 0.800 bits per heavy atom. The second kappa shape index (κ2) is 7.28. The summed E-state index contributed by atoms with van der Waals surface area (Å²) in [5.74, 6) is 3.30. The van der Waals surface area contributed by atoms with Gasteiger partial charge in [0.25, 0.3) is 0 Å². The van der Waals surface area contributed by atoms with Gasteiger partial charge < -0.3 is 0 Å². The molecule has 4 bridgehead atoms. The summed E-state index contributed by atoms with van der Waals surface area (Å²) in [6.07, 6.45) is 16.6. The van der Waals surface area contributed by atoms with Gasteiger partial charge in [0.1, 0.15) is 0 Å². The maximum atomic E-state index is 12.4. The maximum absolute atomic E-state index is 12.4. The third-order valence-electron chi connectivity index (χ3n) is 7.55. The summed E-state index contributed by atoms with van der Waals surface area (Å²) < 4.78 is 0. The van der Waals surface area contributed by atoms with E-state index in [-0.39, 0.29) is 17.2 Å². The summed E-state index contributed by atoms with van der Waals surface area (Å²) in [7, 11) is 0. The van der Waals surface area contributed by atoms with Crippen LogP contribution in [0, 0.1) is 29.1 Å². The van der Waals surface area contributed by atoms with Crippen molar-refractivity contribution in [3.05, 3.63) is 0 Å². The lowest BCUT2D eigenvalue weighted by molar-refractivity contribution is -0.134. The molecule has 25 heavy (non-hydrogen) atoms. The van der Waals surface area contributed by atoms with Gasteiger partial charge in [0.15, 0.2) is 0 Å². The zero-order valence-electron chi connectivity index (χ0n) is 15.5. The minimum Gasteiger partial charge on any atom is -0.273 e. The molecule has 140 valence electrons. The van der Waals surface area contributed by atoms with Gasteiger partial charge in [-0.05, 0) is 74.0 Å². The number of nitrogens with one attached hydrogen (secondary N) is 2. The van der Waals surface area contributed by atoms with Gasteiger partial charge in [-0.2, -0.15) is 0 Å². The molecular weight excluding hydrogens is 312 g/mol. The molecule has 5 rings (SSSR count). The zero-order valence-corrected chi connectivity index (χ0v) is 15.5. The first kappa shape index (κ1) is 17.4. The number of hydrazine groups is 1. The lowest BCUT2D eigenvalue weighted by Crippen LogP contribution is -2.50. The largest absolute Gasteiger partial charge is 0.273 e. The van der Waals surface area contributed by atoms with Crippen LogP contribution in [0.3, 0.4) is 0 Å². The number of carbonyl (C=O) groups is 2. The number of rotatable bonds is 5. The van der Waals surface area contributed by atoms with Gasteiger partial charge in [-0.3, -0.25) is 20.4 Å². The van der Waals surface area contributed by atoms with E-state index in [1.165, 1.54) is 70.6 Å². The SMILES string of the molecule is O=C(CCC1CCCCC1)NNC(=O)CC12CC3CC(CC(C3)C1)C2. The summed E-state index contributed by atoms with van der Waals surface area (Å²) in [4.78, 5) is 24.4. The highest BCUT2D eigenvalue weighted by atomic mass is 16.2. The van der Waals surface area contributed by atoms with E-state index in [1.807, 2.05) is 0 Å². The van der Waals surface area contributed by atoms with E-state index >= 15 is 0 Å². The van der Waals surface area contributed by atoms with Crippen LogP contribution in [0.2, 0.25) is 0 Å². The molecule has 5 fully saturated rings. The number of hydrogen-bond acceptors (Lipinski definition) is 2. The van der Waals surface area contributed by atoms with Crippen LogP contribution in [0.25, 0.3) is 0 Å². The molecule has 0 radical (unpaired) electrons. The molecule has 2 N–H and O–H groups in total. The van der Waals surface area contributed by atoms with Crippen LogP contribution in [-0.4, -0.2) is 11.8 Å². The standard InChI is InChI=1S/C21H34N2O2/c24-19(7-6-15-4-2-1-3-5-15)22-23-20(25)14-21-11-16-8-17(12-21)10-18(9-16)13-21/h15-18H,1-14H2,(H,22,24)(H,23,25). The molecule has 5 saturated carbocycles. The Bertz CT molecular complexity index is 475. The van der Waals surface area contributed by atoms with Crippen LogP contribution < -0.4 is 10.9 Å². The molecular formula is C21H34N2O2. The van der Waals surface area contributed by atoms with Gasteiger partial charge in [-0.25, -0.2) is 0 Å². The molecule has 0 saturated heterocycles. The monoisotopic (exact) mass is 346 g/mol. The minimum atomic E-state index is -0.0237. The minimum absolute atomic E-state index is 0.0213. The topological polar surface area (TPSA) is 58.2 Å². The fourth-order valence-electron chi connectivity index (χ4n) is 6.90. The smallest absolute Gasteiger partial charge is 0.238 e. The molecule has 0 atom stereocenters. The normalized spacial score (nSPS) is 37.0. The summed E-state index contributed by atoms with van der Waals surface area (Å²) in [5.41, 5.74) is 5.61. The highest BCUT2D eigenvalue weighted by Crippen LogP contribution is 2.61. The predicted molar refractivity (Wildman–Crippen MR) is 97.3 cm³/mol. The second-order valence-corrected chi connectivity index (χ2v) is 9.73. The van der Waals surface area contributed by atoms with Crippen LogP contribution in [-0.2, 0) is 9.59 Å². The molecule has 0 unspecified atom stereocenters. The second-order valence-electron chi connectivity index (χ2n) is 9.73. The van der Waals surface area contributed by atoms with E-state index in [9.17, 15) is 9.59 Å². The highest BCUT2D eigenvalue weighted by Gasteiger charge is 2.51. The fraction of sp³-hybridized carbons (Fsp3) is 0.905. The Kier molecular flexibility index (Phi) is 5.06.